The number of carbonyl (C=O) groups excluding carboxylic acids is 1. The van der Waals surface area contributed by atoms with Gasteiger partial charge in [-0.05, 0) is 23.3 Å². The van der Waals surface area contributed by atoms with Crippen molar-refractivity contribution in [2.45, 2.75) is 6.04 Å². The minimum Gasteiger partial charge on any atom is -0.467 e. The molecule has 0 saturated heterocycles. The third-order valence-electron chi connectivity index (χ3n) is 3.97. The Morgan fingerprint density at radius 2 is 1.58 bits per heavy atom. The molecular formula is C19H20N2O2S. The van der Waals surface area contributed by atoms with Gasteiger partial charge in [-0.3, -0.25) is 4.99 Å². The van der Waals surface area contributed by atoms with Gasteiger partial charge >= 0.3 is 5.97 Å². The van der Waals surface area contributed by atoms with Gasteiger partial charge in [-0.2, -0.15) is 0 Å². The van der Waals surface area contributed by atoms with Crippen LogP contribution in [-0.4, -0.2) is 44.0 Å². The first-order valence-corrected chi connectivity index (χ1v) is 8.73. The summed E-state index contributed by atoms with van der Waals surface area (Å²) in [5.41, 5.74) is 4.57. The lowest BCUT2D eigenvalue weighted by Gasteiger charge is -2.12. The van der Waals surface area contributed by atoms with Crippen LogP contribution in [0.3, 0.4) is 0 Å². The SMILES string of the molecule is COC(=O)C1CSC(c2ccc(-c3ccc(N(C)C)cc3)cc2)=N1. The van der Waals surface area contributed by atoms with Crippen LogP contribution in [0.2, 0.25) is 0 Å². The topological polar surface area (TPSA) is 41.9 Å². The summed E-state index contributed by atoms with van der Waals surface area (Å²) in [7, 11) is 5.47. The lowest BCUT2D eigenvalue weighted by atomic mass is 10.0. The van der Waals surface area contributed by atoms with Crippen LogP contribution in [0.25, 0.3) is 11.1 Å². The molecule has 3 rings (SSSR count). The highest BCUT2D eigenvalue weighted by Crippen LogP contribution is 2.27. The van der Waals surface area contributed by atoms with Crippen molar-refractivity contribution >= 4 is 28.5 Å². The van der Waals surface area contributed by atoms with Crippen molar-refractivity contribution < 1.29 is 9.53 Å². The zero-order valence-electron chi connectivity index (χ0n) is 14.0. The first-order chi connectivity index (χ1) is 11.6. The van der Waals surface area contributed by atoms with E-state index in [-0.39, 0.29) is 12.0 Å². The van der Waals surface area contributed by atoms with Gasteiger partial charge < -0.3 is 9.64 Å². The van der Waals surface area contributed by atoms with Gasteiger partial charge in [-0.1, -0.05) is 36.4 Å². The first-order valence-electron chi connectivity index (χ1n) is 7.75. The predicted octanol–water partition coefficient (Wildman–Crippen LogP) is 3.45. The number of hydrogen-bond acceptors (Lipinski definition) is 5. The van der Waals surface area contributed by atoms with Crippen LogP contribution < -0.4 is 4.90 Å². The Hall–Kier alpha value is -2.27. The molecule has 2 aromatic rings. The summed E-state index contributed by atoms with van der Waals surface area (Å²) >= 11 is 1.60. The van der Waals surface area contributed by atoms with Crippen LogP contribution in [0.1, 0.15) is 5.56 Å². The van der Waals surface area contributed by atoms with Gasteiger partial charge in [0, 0.05) is 31.1 Å². The van der Waals surface area contributed by atoms with Gasteiger partial charge in [-0.15, -0.1) is 11.8 Å². The number of benzene rings is 2. The second-order valence-corrected chi connectivity index (χ2v) is 6.81. The summed E-state index contributed by atoms with van der Waals surface area (Å²) in [6, 6.07) is 16.4. The van der Waals surface area contributed by atoms with E-state index < -0.39 is 0 Å². The maximum absolute atomic E-state index is 11.6. The number of anilines is 1. The summed E-state index contributed by atoms with van der Waals surface area (Å²) in [5.74, 6) is 0.380. The Balaban J connectivity index is 1.77. The van der Waals surface area contributed by atoms with Gasteiger partial charge in [-0.25, -0.2) is 4.79 Å². The number of methoxy groups -OCH3 is 1. The number of aliphatic imine (C=N–C) groups is 1. The highest BCUT2D eigenvalue weighted by atomic mass is 32.2. The van der Waals surface area contributed by atoms with Crippen LogP contribution in [0.5, 0.6) is 0 Å². The van der Waals surface area contributed by atoms with E-state index in [0.717, 1.165) is 16.2 Å². The minimum atomic E-state index is -0.381. The molecule has 0 fully saturated rings. The van der Waals surface area contributed by atoms with E-state index in [1.165, 1.54) is 18.4 Å². The normalized spacial score (nSPS) is 16.6. The molecule has 4 nitrogen and oxygen atoms in total. The minimum absolute atomic E-state index is 0.268. The molecule has 5 heteroatoms. The van der Waals surface area contributed by atoms with Crippen LogP contribution in [0, 0.1) is 0 Å². The largest absolute Gasteiger partial charge is 0.467 e. The second kappa shape index (κ2) is 7.09. The summed E-state index contributed by atoms with van der Waals surface area (Å²) < 4.78 is 4.76. The zero-order valence-corrected chi connectivity index (χ0v) is 14.8. The van der Waals surface area contributed by atoms with Gasteiger partial charge in [0.1, 0.15) is 0 Å². The first kappa shape index (κ1) is 16.6. The highest BCUT2D eigenvalue weighted by molar-refractivity contribution is 8.14. The molecule has 0 amide bonds. The smallest absolute Gasteiger partial charge is 0.331 e. The van der Waals surface area contributed by atoms with E-state index in [1.54, 1.807) is 11.8 Å². The maximum atomic E-state index is 11.6. The second-order valence-electron chi connectivity index (χ2n) is 5.80. The van der Waals surface area contributed by atoms with Crippen LogP contribution in [-0.2, 0) is 9.53 Å². The molecule has 0 aromatic heterocycles. The quantitative estimate of drug-likeness (QED) is 0.800. The Morgan fingerprint density at radius 1 is 1.04 bits per heavy atom. The van der Waals surface area contributed by atoms with Gasteiger partial charge in [0.25, 0.3) is 0 Å². The highest BCUT2D eigenvalue weighted by Gasteiger charge is 2.26. The molecule has 1 heterocycles. The number of nitrogens with zero attached hydrogens (tertiary/aromatic N) is 2. The van der Waals surface area contributed by atoms with E-state index >= 15 is 0 Å². The number of esters is 1. The summed E-state index contributed by atoms with van der Waals surface area (Å²) in [5, 5.41) is 0.903. The molecule has 124 valence electrons. The fourth-order valence-electron chi connectivity index (χ4n) is 2.55. The third kappa shape index (κ3) is 3.46. The maximum Gasteiger partial charge on any atom is 0.331 e. The fourth-order valence-corrected chi connectivity index (χ4v) is 3.58. The standard InChI is InChI=1S/C19H20N2O2S/c1-21(2)16-10-8-14(9-11-16)13-4-6-15(7-5-13)18-20-17(12-24-18)19(22)23-3/h4-11,17H,12H2,1-3H3. The molecule has 0 aliphatic carbocycles. The van der Waals surface area contributed by atoms with Gasteiger partial charge in [0.05, 0.1) is 12.2 Å². The molecule has 0 N–H and O–H groups in total. The predicted molar refractivity (Wildman–Crippen MR) is 101 cm³/mol. The zero-order chi connectivity index (χ0) is 17.1. The van der Waals surface area contributed by atoms with E-state index in [1.807, 2.05) is 14.1 Å². The molecule has 0 saturated carbocycles. The van der Waals surface area contributed by atoms with Crippen molar-refractivity contribution in [2.75, 3.05) is 31.9 Å². The van der Waals surface area contributed by atoms with E-state index in [9.17, 15) is 4.79 Å². The van der Waals surface area contributed by atoms with Crippen molar-refractivity contribution in [1.29, 1.82) is 0 Å². The third-order valence-corrected chi connectivity index (χ3v) is 5.07. The van der Waals surface area contributed by atoms with Gasteiger partial charge in [0.2, 0.25) is 0 Å². The molecule has 1 unspecified atom stereocenters. The lowest BCUT2D eigenvalue weighted by molar-refractivity contribution is -0.141. The monoisotopic (exact) mass is 340 g/mol. The lowest BCUT2D eigenvalue weighted by Crippen LogP contribution is -2.19. The molecule has 0 bridgehead atoms. The Labute approximate surface area is 146 Å². The van der Waals surface area contributed by atoms with E-state index in [4.69, 9.17) is 4.74 Å². The van der Waals surface area contributed by atoms with Crippen LogP contribution in [0.15, 0.2) is 53.5 Å². The Bertz CT molecular complexity index is 752. The molecule has 24 heavy (non-hydrogen) atoms. The van der Waals surface area contributed by atoms with Crippen molar-refractivity contribution in [3.63, 3.8) is 0 Å². The molecule has 2 aromatic carbocycles. The average molecular weight is 340 g/mol. The van der Waals surface area contributed by atoms with E-state index in [2.05, 4.69) is 58.4 Å². The molecule has 0 spiro atoms. The number of rotatable bonds is 4. The summed E-state index contributed by atoms with van der Waals surface area (Å²) in [6.07, 6.45) is 0. The molecule has 0 radical (unpaired) electrons. The van der Waals surface area contributed by atoms with E-state index in [0.29, 0.717) is 5.75 Å². The number of carbonyl (C=O) groups is 1. The van der Waals surface area contributed by atoms with Crippen molar-refractivity contribution in [3.8, 4) is 11.1 Å². The molecule has 1 atom stereocenters. The van der Waals surface area contributed by atoms with Gasteiger partial charge in [0.15, 0.2) is 6.04 Å². The number of thioether (sulfide) groups is 1. The Kier molecular flexibility index (Phi) is 4.90. The molecule has 1 aliphatic heterocycles. The number of hydrogen-bond donors (Lipinski definition) is 0. The summed E-state index contributed by atoms with van der Waals surface area (Å²) in [4.78, 5) is 18.1. The van der Waals surface area contributed by atoms with Crippen molar-refractivity contribution in [2.24, 2.45) is 4.99 Å². The van der Waals surface area contributed by atoms with Crippen molar-refractivity contribution in [1.82, 2.24) is 0 Å². The Morgan fingerprint density at radius 3 is 2.12 bits per heavy atom. The number of ether oxygens (including phenoxy) is 1. The fraction of sp³-hybridized carbons (Fsp3) is 0.263. The molecular weight excluding hydrogens is 320 g/mol. The van der Waals surface area contributed by atoms with Crippen LogP contribution >= 0.6 is 11.8 Å². The average Bonchev–Trinajstić information content (AvgIpc) is 3.11. The van der Waals surface area contributed by atoms with Crippen LogP contribution in [0.4, 0.5) is 5.69 Å². The molecule has 1 aliphatic rings. The summed E-state index contributed by atoms with van der Waals surface area (Å²) in [6.45, 7) is 0. The van der Waals surface area contributed by atoms with Crippen molar-refractivity contribution in [3.05, 3.63) is 54.1 Å².